The topological polar surface area (TPSA) is 45.0 Å². The Labute approximate surface area is 86.4 Å². The van der Waals surface area contributed by atoms with E-state index in [1.165, 1.54) is 25.7 Å². The van der Waals surface area contributed by atoms with Gasteiger partial charge in [-0.2, -0.15) is 5.26 Å². The molecule has 0 saturated heterocycles. The van der Waals surface area contributed by atoms with Crippen LogP contribution in [0.3, 0.4) is 0 Å². The van der Waals surface area contributed by atoms with Crippen molar-refractivity contribution < 1.29 is 4.74 Å². The first-order chi connectivity index (χ1) is 6.70. The number of likely N-dealkylation sites (N-methyl/N-ethyl adjacent to an activating group) is 1. The molecular formula is C11H20N2O. The molecule has 3 heteroatoms. The van der Waals surface area contributed by atoms with Gasteiger partial charge >= 0.3 is 0 Å². The maximum absolute atomic E-state index is 8.88. The predicted molar refractivity (Wildman–Crippen MR) is 55.9 cm³/mol. The Bertz CT molecular complexity index is 206. The van der Waals surface area contributed by atoms with Crippen LogP contribution in [0.1, 0.15) is 32.6 Å². The van der Waals surface area contributed by atoms with Crippen molar-refractivity contribution in [1.29, 1.82) is 5.26 Å². The van der Waals surface area contributed by atoms with Gasteiger partial charge in [0.2, 0.25) is 0 Å². The number of ether oxygens (including phenoxy) is 1. The van der Waals surface area contributed by atoms with Gasteiger partial charge in [-0.05, 0) is 32.7 Å². The summed E-state index contributed by atoms with van der Waals surface area (Å²) in [4.78, 5) is 0. The van der Waals surface area contributed by atoms with Crippen molar-refractivity contribution in [2.45, 2.75) is 38.1 Å². The third-order valence-corrected chi connectivity index (χ3v) is 3.02. The van der Waals surface area contributed by atoms with Gasteiger partial charge in [0.05, 0.1) is 12.7 Å². The minimum absolute atomic E-state index is 0.483. The molecule has 80 valence electrons. The summed E-state index contributed by atoms with van der Waals surface area (Å²) in [6, 6.07) is 2.22. The summed E-state index contributed by atoms with van der Waals surface area (Å²) in [5, 5.41) is 11.9. The van der Waals surface area contributed by atoms with Gasteiger partial charge in [-0.25, -0.2) is 0 Å². The Hall–Kier alpha value is -0.590. The lowest BCUT2D eigenvalue weighted by molar-refractivity contribution is 0.0720. The van der Waals surface area contributed by atoms with E-state index in [1.54, 1.807) is 7.05 Å². The van der Waals surface area contributed by atoms with Gasteiger partial charge in [-0.1, -0.05) is 12.8 Å². The van der Waals surface area contributed by atoms with Crippen LogP contribution in [0.25, 0.3) is 0 Å². The standard InChI is InChI=1S/C11H20N2O/c1-11(8-12,13-2)9-14-7-10-5-3-4-6-10/h10,13H,3-7,9H2,1-2H3. The molecule has 14 heavy (non-hydrogen) atoms. The Morgan fingerprint density at radius 3 is 2.64 bits per heavy atom. The number of nitrogens with zero attached hydrogens (tertiary/aromatic N) is 1. The number of nitriles is 1. The molecule has 0 aromatic heterocycles. The molecule has 0 spiro atoms. The molecule has 1 unspecified atom stereocenters. The molecule has 0 heterocycles. The third-order valence-electron chi connectivity index (χ3n) is 3.02. The van der Waals surface area contributed by atoms with Crippen molar-refractivity contribution in [3.05, 3.63) is 0 Å². The molecule has 0 aliphatic heterocycles. The zero-order chi connectivity index (χ0) is 10.4. The van der Waals surface area contributed by atoms with Gasteiger partial charge in [0.15, 0.2) is 0 Å². The molecule has 0 radical (unpaired) electrons. The van der Waals surface area contributed by atoms with Crippen LogP contribution in [0, 0.1) is 17.2 Å². The smallest absolute Gasteiger partial charge is 0.127 e. The van der Waals surface area contributed by atoms with Crippen LogP contribution in [-0.4, -0.2) is 25.8 Å². The highest BCUT2D eigenvalue weighted by Gasteiger charge is 2.22. The van der Waals surface area contributed by atoms with E-state index in [-0.39, 0.29) is 0 Å². The first kappa shape index (κ1) is 11.5. The summed E-state index contributed by atoms with van der Waals surface area (Å²) >= 11 is 0. The lowest BCUT2D eigenvalue weighted by Gasteiger charge is -2.21. The molecule has 1 rings (SSSR count). The third kappa shape index (κ3) is 3.28. The molecule has 0 bridgehead atoms. The summed E-state index contributed by atoms with van der Waals surface area (Å²) < 4.78 is 5.58. The highest BCUT2D eigenvalue weighted by molar-refractivity contribution is 5.02. The molecule has 1 aliphatic rings. The monoisotopic (exact) mass is 196 g/mol. The van der Waals surface area contributed by atoms with Gasteiger partial charge < -0.3 is 10.1 Å². The normalized spacial score (nSPS) is 21.8. The Morgan fingerprint density at radius 2 is 2.14 bits per heavy atom. The van der Waals surface area contributed by atoms with Gasteiger partial charge in [-0.15, -0.1) is 0 Å². The SMILES string of the molecule is CNC(C)(C#N)COCC1CCCC1. The number of hydrogen-bond acceptors (Lipinski definition) is 3. The predicted octanol–water partition coefficient (Wildman–Crippen LogP) is 1.69. The van der Waals surface area contributed by atoms with Crippen molar-refractivity contribution in [1.82, 2.24) is 5.32 Å². The van der Waals surface area contributed by atoms with E-state index < -0.39 is 5.54 Å². The van der Waals surface area contributed by atoms with Crippen molar-refractivity contribution >= 4 is 0 Å². The Kier molecular flexibility index (Phi) is 4.37. The first-order valence-corrected chi connectivity index (χ1v) is 5.38. The fraction of sp³-hybridized carbons (Fsp3) is 0.909. The summed E-state index contributed by atoms with van der Waals surface area (Å²) in [7, 11) is 1.79. The quantitative estimate of drug-likeness (QED) is 0.728. The molecule has 1 atom stereocenters. The van der Waals surface area contributed by atoms with E-state index in [0.29, 0.717) is 6.61 Å². The van der Waals surface area contributed by atoms with Crippen LogP contribution in [0.15, 0.2) is 0 Å². The van der Waals surface area contributed by atoms with E-state index in [4.69, 9.17) is 10.00 Å². The van der Waals surface area contributed by atoms with Crippen LogP contribution < -0.4 is 5.32 Å². The van der Waals surface area contributed by atoms with E-state index >= 15 is 0 Å². The Balaban J connectivity index is 2.16. The zero-order valence-corrected chi connectivity index (χ0v) is 9.18. The number of nitrogens with one attached hydrogen (secondary N) is 1. The van der Waals surface area contributed by atoms with Crippen LogP contribution in [0.5, 0.6) is 0 Å². The molecular weight excluding hydrogens is 176 g/mol. The van der Waals surface area contributed by atoms with Crippen LogP contribution in [-0.2, 0) is 4.74 Å². The molecule has 0 aromatic rings. The van der Waals surface area contributed by atoms with E-state index in [0.717, 1.165) is 12.5 Å². The van der Waals surface area contributed by atoms with E-state index in [2.05, 4.69) is 11.4 Å². The fourth-order valence-electron chi connectivity index (χ4n) is 1.77. The second-order valence-corrected chi connectivity index (χ2v) is 4.36. The largest absolute Gasteiger partial charge is 0.378 e. The fourth-order valence-corrected chi connectivity index (χ4v) is 1.77. The second kappa shape index (κ2) is 5.33. The van der Waals surface area contributed by atoms with Crippen molar-refractivity contribution in [3.63, 3.8) is 0 Å². The molecule has 1 saturated carbocycles. The summed E-state index contributed by atoms with van der Waals surface area (Å²) in [6.07, 6.45) is 5.27. The first-order valence-electron chi connectivity index (χ1n) is 5.38. The minimum atomic E-state index is -0.529. The number of hydrogen-bond donors (Lipinski definition) is 1. The zero-order valence-electron chi connectivity index (χ0n) is 9.18. The maximum atomic E-state index is 8.88. The molecule has 1 N–H and O–H groups in total. The van der Waals surface area contributed by atoms with E-state index in [9.17, 15) is 0 Å². The van der Waals surface area contributed by atoms with E-state index in [1.807, 2.05) is 6.92 Å². The van der Waals surface area contributed by atoms with Gasteiger partial charge in [0.25, 0.3) is 0 Å². The summed E-state index contributed by atoms with van der Waals surface area (Å²) in [5.41, 5.74) is -0.529. The second-order valence-electron chi connectivity index (χ2n) is 4.36. The molecule has 0 amide bonds. The molecule has 0 aromatic carbocycles. The van der Waals surface area contributed by atoms with Crippen molar-refractivity contribution in [2.24, 2.45) is 5.92 Å². The van der Waals surface area contributed by atoms with Gasteiger partial charge in [0.1, 0.15) is 5.54 Å². The molecule has 3 nitrogen and oxygen atoms in total. The van der Waals surface area contributed by atoms with Crippen molar-refractivity contribution in [3.8, 4) is 6.07 Å². The summed E-state index contributed by atoms with van der Waals surface area (Å²) in [6.45, 7) is 3.16. The minimum Gasteiger partial charge on any atom is -0.378 e. The van der Waals surface area contributed by atoms with Crippen molar-refractivity contribution in [2.75, 3.05) is 20.3 Å². The Morgan fingerprint density at radius 1 is 1.50 bits per heavy atom. The highest BCUT2D eigenvalue weighted by atomic mass is 16.5. The van der Waals surface area contributed by atoms with Gasteiger partial charge in [0, 0.05) is 6.61 Å². The van der Waals surface area contributed by atoms with Crippen LogP contribution >= 0.6 is 0 Å². The highest BCUT2D eigenvalue weighted by Crippen LogP contribution is 2.24. The van der Waals surface area contributed by atoms with Crippen LogP contribution in [0.4, 0.5) is 0 Å². The number of rotatable bonds is 5. The maximum Gasteiger partial charge on any atom is 0.127 e. The van der Waals surface area contributed by atoms with Crippen LogP contribution in [0.2, 0.25) is 0 Å². The molecule has 1 aliphatic carbocycles. The molecule has 1 fully saturated rings. The summed E-state index contributed by atoms with van der Waals surface area (Å²) in [5.74, 6) is 0.731. The average Bonchev–Trinajstić information content (AvgIpc) is 2.70. The lowest BCUT2D eigenvalue weighted by atomic mass is 10.1. The van der Waals surface area contributed by atoms with Gasteiger partial charge in [-0.3, -0.25) is 0 Å². The lowest BCUT2D eigenvalue weighted by Crippen LogP contribution is -2.43. The average molecular weight is 196 g/mol.